The van der Waals surface area contributed by atoms with Crippen molar-refractivity contribution in [3.8, 4) is 28.7 Å². The fourth-order valence-corrected chi connectivity index (χ4v) is 12.5. The number of piperazine rings is 1. The predicted octanol–water partition coefficient (Wildman–Crippen LogP) is 3.51. The van der Waals surface area contributed by atoms with E-state index in [0.717, 1.165) is 33.3 Å². The van der Waals surface area contributed by atoms with E-state index in [0.29, 0.717) is 58.2 Å². The van der Waals surface area contributed by atoms with Crippen LogP contribution in [0, 0.1) is 13.8 Å². The molecular formula is C41H45N5O9S. The molecule has 1 aromatic heterocycles. The van der Waals surface area contributed by atoms with Crippen LogP contribution in [0.1, 0.15) is 68.9 Å². The van der Waals surface area contributed by atoms with Crippen LogP contribution in [0.25, 0.3) is 10.9 Å². The molecule has 9 heterocycles. The summed E-state index contributed by atoms with van der Waals surface area (Å²) >= 11 is 1.52. The summed E-state index contributed by atoms with van der Waals surface area (Å²) in [4.78, 5) is 35.8. The van der Waals surface area contributed by atoms with Gasteiger partial charge in [-0.3, -0.25) is 19.9 Å². The lowest BCUT2D eigenvalue weighted by Crippen LogP contribution is -2.70. The Bertz CT molecular complexity index is 2370. The molecule has 294 valence electrons. The molecule has 56 heavy (non-hydrogen) atoms. The van der Waals surface area contributed by atoms with Crippen LogP contribution in [0.5, 0.6) is 28.7 Å². The van der Waals surface area contributed by atoms with Crippen molar-refractivity contribution in [2.75, 3.05) is 46.4 Å². The average molecular weight is 784 g/mol. The number of nitrogens with one attached hydrogen (secondary N) is 2. The van der Waals surface area contributed by atoms with Crippen LogP contribution in [0.2, 0.25) is 0 Å². The topological polar surface area (TPSA) is 181 Å². The molecule has 4 bridgehead atoms. The number of hydrogen-bond acceptors (Lipinski definition) is 14. The van der Waals surface area contributed by atoms with Crippen LogP contribution in [-0.4, -0.2) is 101 Å². The molecule has 15 heteroatoms. The normalized spacial score (nSPS) is 31.3. The zero-order valence-electron chi connectivity index (χ0n) is 31.9. The Balaban J connectivity index is 1.26. The lowest BCUT2D eigenvalue weighted by molar-refractivity contribution is -0.215. The zero-order chi connectivity index (χ0) is 39.0. The summed E-state index contributed by atoms with van der Waals surface area (Å²) in [5, 5.41) is 29.4. The first kappa shape index (κ1) is 35.9. The van der Waals surface area contributed by atoms with Gasteiger partial charge in [-0.15, -0.1) is 11.8 Å². The molecule has 2 fully saturated rings. The number of thioether (sulfide) groups is 1. The number of benzene rings is 3. The average Bonchev–Trinajstić information content (AvgIpc) is 3.76. The molecule has 0 radical (unpaired) electrons. The molecule has 0 saturated carbocycles. The number of H-pyrrole nitrogens is 1. The predicted molar refractivity (Wildman–Crippen MR) is 206 cm³/mol. The van der Waals surface area contributed by atoms with E-state index in [-0.39, 0.29) is 43.9 Å². The molecule has 8 aliphatic rings. The van der Waals surface area contributed by atoms with Gasteiger partial charge in [-0.25, -0.2) is 4.79 Å². The van der Waals surface area contributed by atoms with Crippen molar-refractivity contribution >= 4 is 34.6 Å². The lowest BCUT2D eigenvalue weighted by atomic mass is 9.78. The number of esters is 2. The number of likely N-dealkylation sites (N-methyl/N-ethyl adjacent to an activating group) is 1. The molecule has 1 spiro atoms. The van der Waals surface area contributed by atoms with Crippen LogP contribution < -0.4 is 30.0 Å². The summed E-state index contributed by atoms with van der Waals surface area (Å²) in [6.45, 7) is 5.39. The van der Waals surface area contributed by atoms with Crippen molar-refractivity contribution in [1.82, 2.24) is 20.1 Å². The highest BCUT2D eigenvalue weighted by molar-refractivity contribution is 7.99. The van der Waals surface area contributed by atoms with Crippen molar-refractivity contribution in [1.29, 1.82) is 0 Å². The van der Waals surface area contributed by atoms with Gasteiger partial charge in [0.25, 0.3) is 0 Å². The molecule has 12 rings (SSSR count). The maximum absolute atomic E-state index is 15.0. The second-order valence-corrected chi connectivity index (χ2v) is 17.2. The van der Waals surface area contributed by atoms with Gasteiger partial charge in [0.05, 0.1) is 30.1 Å². The van der Waals surface area contributed by atoms with Gasteiger partial charge in [0, 0.05) is 77.4 Å². The monoisotopic (exact) mass is 783 g/mol. The highest BCUT2D eigenvalue weighted by Gasteiger charge is 2.64. The van der Waals surface area contributed by atoms with E-state index in [2.05, 4.69) is 26.2 Å². The number of nitrogens with zero attached hydrogens (tertiary/aromatic N) is 2. The van der Waals surface area contributed by atoms with Gasteiger partial charge in [0.15, 0.2) is 28.5 Å². The van der Waals surface area contributed by atoms with Crippen molar-refractivity contribution in [3.63, 3.8) is 0 Å². The van der Waals surface area contributed by atoms with E-state index in [1.54, 1.807) is 7.11 Å². The number of aryl methyl sites for hydroxylation is 1. The van der Waals surface area contributed by atoms with E-state index in [4.69, 9.17) is 29.4 Å². The number of phenolic OH excluding ortho intramolecular Hbond substituents is 1. The number of methoxy groups -OCH3 is 1. The number of para-hydroxylation sites is 1. The molecule has 0 aliphatic carbocycles. The van der Waals surface area contributed by atoms with Crippen LogP contribution >= 0.6 is 11.8 Å². The van der Waals surface area contributed by atoms with Gasteiger partial charge < -0.3 is 44.6 Å². The molecule has 14 nitrogen and oxygen atoms in total. The smallest absolute Gasteiger partial charge is 0.333 e. The SMILES string of the molecule is COc1c(C)cc2c(c1O)[C@H]1[C@@H]3[C@@H]4SC[C@]5(NC(CN)Cc6c5[nH]c5ccccc65)C(=O)OC[C@@H](c5c6c(c(C)c(OC(C)=O)c54)OCO6)N3C(O)(C2)CN1C. The van der Waals surface area contributed by atoms with Crippen molar-refractivity contribution in [2.24, 2.45) is 5.73 Å². The molecule has 4 aromatic rings. The number of phenols is 1. The third-order valence-corrected chi connectivity index (χ3v) is 14.3. The number of carbonyl (C=O) groups is 2. The van der Waals surface area contributed by atoms with Crippen molar-refractivity contribution < 1.29 is 43.5 Å². The lowest BCUT2D eigenvalue weighted by Gasteiger charge is -2.60. The number of aliphatic hydroxyl groups is 1. The third kappa shape index (κ3) is 4.75. The van der Waals surface area contributed by atoms with Gasteiger partial charge in [0.1, 0.15) is 18.1 Å². The number of carbonyl (C=O) groups excluding carboxylic acids is 2. The second-order valence-electron chi connectivity index (χ2n) is 16.1. The van der Waals surface area contributed by atoms with E-state index in [1.807, 2.05) is 45.2 Å². The number of aromatic hydroxyl groups is 1. The van der Waals surface area contributed by atoms with Crippen LogP contribution in [0.3, 0.4) is 0 Å². The zero-order valence-corrected chi connectivity index (χ0v) is 32.7. The Hall–Kier alpha value is -4.51. The Kier molecular flexibility index (Phi) is 8.00. The number of aromatic amines is 1. The summed E-state index contributed by atoms with van der Waals surface area (Å²) in [5.74, 6) is 0.875. The minimum atomic E-state index is -1.50. The molecule has 6 N–H and O–H groups in total. The number of fused-ring (bicyclic) bond motifs is 8. The van der Waals surface area contributed by atoms with Gasteiger partial charge in [-0.2, -0.15) is 0 Å². The quantitative estimate of drug-likeness (QED) is 0.151. The first-order chi connectivity index (χ1) is 26.9. The van der Waals surface area contributed by atoms with Gasteiger partial charge in [0.2, 0.25) is 6.79 Å². The van der Waals surface area contributed by atoms with Gasteiger partial charge >= 0.3 is 11.9 Å². The first-order valence-corrected chi connectivity index (χ1v) is 20.1. The molecule has 2 saturated heterocycles. The van der Waals surface area contributed by atoms with Gasteiger partial charge in [-0.05, 0) is 50.1 Å². The summed E-state index contributed by atoms with van der Waals surface area (Å²) in [6, 6.07) is 7.94. The summed E-state index contributed by atoms with van der Waals surface area (Å²) < 4.78 is 30.8. The highest BCUT2D eigenvalue weighted by Crippen LogP contribution is 2.65. The molecule has 8 aliphatic heterocycles. The van der Waals surface area contributed by atoms with Crippen LogP contribution in [0.15, 0.2) is 30.3 Å². The summed E-state index contributed by atoms with van der Waals surface area (Å²) in [7, 11) is 3.50. The number of aromatic nitrogens is 1. The maximum Gasteiger partial charge on any atom is 0.333 e. The summed E-state index contributed by atoms with van der Waals surface area (Å²) in [6.07, 6.45) is 0.802. The van der Waals surface area contributed by atoms with E-state index < -0.39 is 46.6 Å². The first-order valence-electron chi connectivity index (χ1n) is 19.0. The molecule has 3 unspecified atom stereocenters. The standard InChI is InChI=1S/C41H45N5O9S/c1-18-10-21-12-40(50)15-45(4)30(27(21)32(48)33(18)51-5)31-37-29-28(36-35(53-17-54-36)19(2)34(29)55-20(3)47)26(46(31)40)14-52-39(49)41(16-56-37)38-24(11-22(13-42)44-41)23-8-6-7-9-25(23)43-38/h6-10,22,26,30-31,37,43-44,48,50H,11-17,42H2,1-5H3/t22?,26-,30-,31+,37+,40?,41+/m0/s1. The number of hydrogen-bond donors (Lipinski definition) is 5. The van der Waals surface area contributed by atoms with Crippen molar-refractivity contribution in [3.05, 3.63) is 75.0 Å². The van der Waals surface area contributed by atoms with E-state index >= 15 is 4.79 Å². The number of ether oxygens (including phenoxy) is 5. The molecular weight excluding hydrogens is 739 g/mol. The minimum absolute atomic E-state index is 0.0241. The third-order valence-electron chi connectivity index (χ3n) is 12.9. The second kappa shape index (κ2) is 12.5. The Morgan fingerprint density at radius 1 is 1.12 bits per heavy atom. The molecule has 8 atom stereocenters. The maximum atomic E-state index is 15.0. The van der Waals surface area contributed by atoms with Gasteiger partial charge in [-0.1, -0.05) is 24.3 Å². The summed E-state index contributed by atoms with van der Waals surface area (Å²) in [5.41, 5.74) is 10.4. The Morgan fingerprint density at radius 3 is 2.68 bits per heavy atom. The van der Waals surface area contributed by atoms with Crippen molar-refractivity contribution in [2.45, 2.75) is 74.3 Å². The number of nitrogens with two attached hydrogens (primary N) is 1. The van der Waals surface area contributed by atoms with E-state index in [9.17, 15) is 15.0 Å². The minimum Gasteiger partial charge on any atom is -0.504 e. The molecule has 3 aromatic carbocycles. The highest BCUT2D eigenvalue weighted by atomic mass is 32.2. The fraction of sp³-hybridized carbons (Fsp3) is 0.463. The number of rotatable bonds is 3. The fourth-order valence-electron chi connectivity index (χ4n) is 10.8. The largest absolute Gasteiger partial charge is 0.504 e. The van der Waals surface area contributed by atoms with E-state index in [1.165, 1.54) is 18.7 Å². The van der Waals surface area contributed by atoms with Crippen LogP contribution in [0.4, 0.5) is 0 Å². The van der Waals surface area contributed by atoms with Crippen LogP contribution in [-0.2, 0) is 32.7 Å². The Labute approximate surface area is 327 Å². The molecule has 0 amide bonds. The Morgan fingerprint density at radius 2 is 1.91 bits per heavy atom.